The van der Waals surface area contributed by atoms with Crippen LogP contribution >= 0.6 is 0 Å². The molecule has 0 aromatic rings. The fraction of sp³-hybridized carbons (Fsp3) is 0.714. The van der Waals surface area contributed by atoms with E-state index in [1.807, 2.05) is 6.92 Å². The molecule has 0 heterocycles. The van der Waals surface area contributed by atoms with E-state index >= 15 is 0 Å². The highest BCUT2D eigenvalue weighted by molar-refractivity contribution is 4.69. The molecule has 0 aromatic carbocycles. The van der Waals surface area contributed by atoms with Crippen LogP contribution in [0.25, 0.3) is 0 Å². The average Bonchev–Trinajstić information content (AvgIpc) is 1.85. The molecule has 0 aliphatic heterocycles. The second-order valence-electron chi connectivity index (χ2n) is 2.47. The van der Waals surface area contributed by atoms with Crippen molar-refractivity contribution in [1.29, 1.82) is 0 Å². The van der Waals surface area contributed by atoms with E-state index in [0.29, 0.717) is 12.3 Å². The Bertz CT molecular complexity index is 123. The Labute approximate surface area is 60.9 Å². The van der Waals surface area contributed by atoms with Crippen LogP contribution < -0.4 is 0 Å². The van der Waals surface area contributed by atoms with Crippen LogP contribution in [0.15, 0.2) is 12.7 Å². The molecule has 0 rings (SSSR count). The molecule has 3 nitrogen and oxygen atoms in total. The van der Waals surface area contributed by atoms with Crippen LogP contribution in [0.4, 0.5) is 0 Å². The Morgan fingerprint density at radius 3 is 2.80 bits per heavy atom. The van der Waals surface area contributed by atoms with Gasteiger partial charge in [0.05, 0.1) is 0 Å². The van der Waals surface area contributed by atoms with Gasteiger partial charge in [0.1, 0.15) is 0 Å². The molecule has 1 unspecified atom stereocenters. The highest BCUT2D eigenvalue weighted by Crippen LogP contribution is 2.06. The minimum atomic E-state index is -0.278. The lowest BCUT2D eigenvalue weighted by molar-refractivity contribution is -0.481. The van der Waals surface area contributed by atoms with Crippen molar-refractivity contribution in [3.63, 3.8) is 0 Å². The van der Waals surface area contributed by atoms with Gasteiger partial charge in [0, 0.05) is 11.3 Å². The summed E-state index contributed by atoms with van der Waals surface area (Å²) >= 11 is 0. The molecule has 10 heavy (non-hydrogen) atoms. The molecular weight excluding hydrogens is 130 g/mol. The van der Waals surface area contributed by atoms with Crippen LogP contribution in [0, 0.1) is 16.0 Å². The number of hydrogen-bond donors (Lipinski definition) is 0. The Morgan fingerprint density at radius 2 is 2.40 bits per heavy atom. The van der Waals surface area contributed by atoms with Gasteiger partial charge in [-0.3, -0.25) is 10.1 Å². The lowest BCUT2D eigenvalue weighted by Crippen LogP contribution is -2.05. The Kier molecular flexibility index (Phi) is 4.54. The zero-order valence-corrected chi connectivity index (χ0v) is 6.25. The normalized spacial score (nSPS) is 12.5. The number of allylic oxidation sites excluding steroid dienone is 1. The molecule has 0 amide bonds. The zero-order valence-electron chi connectivity index (χ0n) is 6.25. The number of rotatable bonds is 5. The molecule has 0 fully saturated rings. The van der Waals surface area contributed by atoms with Crippen LogP contribution in [0.3, 0.4) is 0 Å². The van der Waals surface area contributed by atoms with Crippen LogP contribution in [-0.2, 0) is 0 Å². The summed E-state index contributed by atoms with van der Waals surface area (Å²) in [6.45, 7) is 5.63. The van der Waals surface area contributed by atoms with Gasteiger partial charge in [0.25, 0.3) is 0 Å². The predicted molar refractivity (Wildman–Crippen MR) is 40.5 cm³/mol. The highest BCUT2D eigenvalue weighted by atomic mass is 16.6. The maximum atomic E-state index is 9.89. The van der Waals surface area contributed by atoms with Crippen molar-refractivity contribution in [2.45, 2.75) is 19.8 Å². The lowest BCUT2D eigenvalue weighted by atomic mass is 10.0. The summed E-state index contributed by atoms with van der Waals surface area (Å²) in [6.07, 6.45) is 3.32. The number of nitrogens with zero attached hydrogens (tertiary/aromatic N) is 1. The Morgan fingerprint density at radius 1 is 1.80 bits per heavy atom. The van der Waals surface area contributed by atoms with Crippen LogP contribution in [0.5, 0.6) is 0 Å². The Hall–Kier alpha value is -0.860. The molecular formula is C7H13NO2. The monoisotopic (exact) mass is 143 g/mol. The average molecular weight is 143 g/mol. The van der Waals surface area contributed by atoms with Crippen molar-refractivity contribution in [1.82, 2.24) is 0 Å². The summed E-state index contributed by atoms with van der Waals surface area (Å²) in [7, 11) is 0. The van der Waals surface area contributed by atoms with E-state index < -0.39 is 0 Å². The minimum absolute atomic E-state index is 0.0784. The summed E-state index contributed by atoms with van der Waals surface area (Å²) < 4.78 is 0. The molecule has 0 N–H and O–H groups in total. The van der Waals surface area contributed by atoms with Gasteiger partial charge in [-0.25, -0.2) is 0 Å². The molecule has 0 spiro atoms. The van der Waals surface area contributed by atoms with E-state index in [4.69, 9.17) is 0 Å². The van der Waals surface area contributed by atoms with Crippen molar-refractivity contribution >= 4 is 0 Å². The van der Waals surface area contributed by atoms with E-state index in [1.54, 1.807) is 6.08 Å². The molecule has 0 radical (unpaired) electrons. The van der Waals surface area contributed by atoms with E-state index in [1.165, 1.54) is 0 Å². The molecule has 3 heteroatoms. The van der Waals surface area contributed by atoms with Crippen LogP contribution in [-0.4, -0.2) is 11.5 Å². The van der Waals surface area contributed by atoms with E-state index in [2.05, 4.69) is 6.58 Å². The van der Waals surface area contributed by atoms with Crippen molar-refractivity contribution in [2.75, 3.05) is 6.54 Å². The second kappa shape index (κ2) is 4.97. The lowest BCUT2D eigenvalue weighted by Gasteiger charge is -2.02. The summed E-state index contributed by atoms with van der Waals surface area (Å²) in [5, 5.41) is 9.89. The highest BCUT2D eigenvalue weighted by Gasteiger charge is 2.03. The van der Waals surface area contributed by atoms with Gasteiger partial charge in [-0.15, -0.1) is 6.58 Å². The van der Waals surface area contributed by atoms with Crippen LogP contribution in [0.1, 0.15) is 19.8 Å². The zero-order chi connectivity index (χ0) is 7.98. The summed E-state index contributed by atoms with van der Waals surface area (Å²) in [4.78, 5) is 9.61. The van der Waals surface area contributed by atoms with Gasteiger partial charge in [-0.2, -0.15) is 0 Å². The summed E-state index contributed by atoms with van der Waals surface area (Å²) in [5.41, 5.74) is 0. The van der Waals surface area contributed by atoms with Gasteiger partial charge in [0.2, 0.25) is 6.54 Å². The van der Waals surface area contributed by atoms with E-state index in [9.17, 15) is 10.1 Å². The van der Waals surface area contributed by atoms with Gasteiger partial charge in [-0.05, 0) is 12.3 Å². The Balaban J connectivity index is 3.29. The number of hydrogen-bond acceptors (Lipinski definition) is 2. The second-order valence-corrected chi connectivity index (χ2v) is 2.47. The fourth-order valence-electron chi connectivity index (χ4n) is 0.728. The minimum Gasteiger partial charge on any atom is -0.265 e. The quantitative estimate of drug-likeness (QED) is 0.335. The van der Waals surface area contributed by atoms with Crippen LogP contribution in [0.2, 0.25) is 0 Å². The van der Waals surface area contributed by atoms with E-state index in [-0.39, 0.29) is 11.5 Å². The maximum absolute atomic E-state index is 9.89. The SMILES string of the molecule is C=CCC(C)CC[N+](=O)[O-]. The van der Waals surface area contributed by atoms with Gasteiger partial charge in [-0.1, -0.05) is 13.0 Å². The molecule has 0 saturated heterocycles. The third-order valence-corrected chi connectivity index (χ3v) is 1.37. The molecule has 0 bridgehead atoms. The maximum Gasteiger partial charge on any atom is 0.204 e. The van der Waals surface area contributed by atoms with Crippen molar-refractivity contribution in [3.05, 3.63) is 22.8 Å². The predicted octanol–water partition coefficient (Wildman–Crippen LogP) is 1.87. The molecule has 0 saturated carbocycles. The molecule has 0 aromatic heterocycles. The van der Waals surface area contributed by atoms with Gasteiger partial charge in [0.15, 0.2) is 0 Å². The summed E-state index contributed by atoms with van der Waals surface area (Å²) in [6, 6.07) is 0. The van der Waals surface area contributed by atoms with Crippen molar-refractivity contribution < 1.29 is 4.92 Å². The standard InChI is InChI=1S/C7H13NO2/c1-3-4-7(2)5-6-8(9)10/h3,7H,1,4-6H2,2H3. The van der Waals surface area contributed by atoms with E-state index in [0.717, 1.165) is 6.42 Å². The van der Waals surface area contributed by atoms with Crippen molar-refractivity contribution in [3.8, 4) is 0 Å². The third-order valence-electron chi connectivity index (χ3n) is 1.37. The molecule has 58 valence electrons. The van der Waals surface area contributed by atoms with Gasteiger partial charge < -0.3 is 0 Å². The van der Waals surface area contributed by atoms with Crippen molar-refractivity contribution in [2.24, 2.45) is 5.92 Å². The first-order valence-electron chi connectivity index (χ1n) is 3.39. The molecule has 1 atom stereocenters. The first kappa shape index (κ1) is 9.14. The first-order chi connectivity index (χ1) is 4.66. The smallest absolute Gasteiger partial charge is 0.204 e. The first-order valence-corrected chi connectivity index (χ1v) is 3.39. The summed E-state index contributed by atoms with van der Waals surface area (Å²) in [5.74, 6) is 0.392. The topological polar surface area (TPSA) is 43.1 Å². The number of nitro groups is 1. The third kappa shape index (κ3) is 5.28. The fourth-order valence-corrected chi connectivity index (χ4v) is 0.728. The van der Waals surface area contributed by atoms with Gasteiger partial charge >= 0.3 is 0 Å². The molecule has 0 aliphatic rings. The largest absolute Gasteiger partial charge is 0.265 e. The molecule has 0 aliphatic carbocycles.